The average Bonchev–Trinajstić information content (AvgIpc) is 2.73. The second-order valence-corrected chi connectivity index (χ2v) is 5.50. The van der Waals surface area contributed by atoms with Gasteiger partial charge in [-0.3, -0.25) is 4.79 Å². The maximum absolute atomic E-state index is 12.9. The van der Waals surface area contributed by atoms with Gasteiger partial charge in [0.1, 0.15) is 18.6 Å². The summed E-state index contributed by atoms with van der Waals surface area (Å²) >= 11 is 0. The number of carbonyl (C=O) groups is 1. The largest absolute Gasteiger partial charge is 0.374 e. The first kappa shape index (κ1) is 15.9. The van der Waals surface area contributed by atoms with Gasteiger partial charge in [-0.1, -0.05) is 19.1 Å². The number of hydrogen-bond donors (Lipinski definition) is 0. The molecule has 116 valence electrons. The molecule has 1 amide bonds. The summed E-state index contributed by atoms with van der Waals surface area (Å²) in [5.74, 6) is -0.283. The highest BCUT2D eigenvalue weighted by atomic mass is 19.1. The minimum Gasteiger partial charge on any atom is -0.374 e. The lowest BCUT2D eigenvalue weighted by Crippen LogP contribution is -2.38. The number of alkyl halides is 1. The van der Waals surface area contributed by atoms with Crippen LogP contribution < -0.4 is 0 Å². The van der Waals surface area contributed by atoms with Gasteiger partial charge in [0.2, 0.25) is 5.91 Å². The Bertz CT molecular complexity index is 464. The van der Waals surface area contributed by atoms with Crippen LogP contribution in [0.1, 0.15) is 31.2 Å². The molecule has 2 atom stereocenters. The lowest BCUT2D eigenvalue weighted by Gasteiger charge is -2.24. The highest BCUT2D eigenvalue weighted by Gasteiger charge is 2.23. The van der Waals surface area contributed by atoms with Crippen molar-refractivity contribution in [3.8, 4) is 0 Å². The smallest absolute Gasteiger partial charge is 0.223 e. The molecular weight excluding hydrogens is 276 g/mol. The zero-order valence-electron chi connectivity index (χ0n) is 12.2. The van der Waals surface area contributed by atoms with Crippen LogP contribution in [-0.4, -0.2) is 43.3 Å². The summed E-state index contributed by atoms with van der Waals surface area (Å²) in [6.45, 7) is 2.77. The van der Waals surface area contributed by atoms with E-state index in [1.807, 2.05) is 6.92 Å². The zero-order valence-corrected chi connectivity index (χ0v) is 12.2. The molecule has 0 bridgehead atoms. The Hall–Kier alpha value is -1.49. The van der Waals surface area contributed by atoms with E-state index in [1.165, 1.54) is 12.1 Å². The molecule has 0 radical (unpaired) electrons. The standard InChI is InChI=1S/C16H21F2NO2/c1-12(13-3-5-14(18)6-4-13)9-16(20)19-7-2-8-21-15(10-17)11-19/h3-6,12,15H,2,7-11H2,1H3/t12-,15+/m0/s1. The van der Waals surface area contributed by atoms with Crippen LogP contribution in [-0.2, 0) is 9.53 Å². The highest BCUT2D eigenvalue weighted by molar-refractivity contribution is 5.77. The predicted octanol–water partition coefficient (Wildman–Crippen LogP) is 2.91. The van der Waals surface area contributed by atoms with E-state index in [1.54, 1.807) is 17.0 Å². The van der Waals surface area contributed by atoms with Crippen molar-refractivity contribution < 1.29 is 18.3 Å². The molecule has 1 aromatic carbocycles. The molecule has 0 spiro atoms. The Morgan fingerprint density at radius 1 is 1.43 bits per heavy atom. The fourth-order valence-corrected chi connectivity index (χ4v) is 2.52. The van der Waals surface area contributed by atoms with Gasteiger partial charge in [-0.15, -0.1) is 0 Å². The van der Waals surface area contributed by atoms with E-state index in [-0.39, 0.29) is 17.6 Å². The summed E-state index contributed by atoms with van der Waals surface area (Å²) in [6, 6.07) is 6.19. The van der Waals surface area contributed by atoms with Crippen LogP contribution in [0.4, 0.5) is 8.78 Å². The Labute approximate surface area is 123 Å². The van der Waals surface area contributed by atoms with Gasteiger partial charge in [0, 0.05) is 26.1 Å². The summed E-state index contributed by atoms with van der Waals surface area (Å²) in [6.07, 6.45) is 0.551. The molecule has 0 unspecified atom stereocenters. The summed E-state index contributed by atoms with van der Waals surface area (Å²) in [4.78, 5) is 14.0. The second kappa shape index (κ2) is 7.50. The normalized spacial score (nSPS) is 20.9. The molecular formula is C16H21F2NO2. The van der Waals surface area contributed by atoms with Gasteiger partial charge in [-0.25, -0.2) is 8.78 Å². The number of benzene rings is 1. The van der Waals surface area contributed by atoms with Crippen LogP contribution in [0.15, 0.2) is 24.3 Å². The minimum absolute atomic E-state index is 0.00391. The zero-order chi connectivity index (χ0) is 15.2. The first-order valence-corrected chi connectivity index (χ1v) is 7.31. The van der Waals surface area contributed by atoms with E-state index >= 15 is 0 Å². The van der Waals surface area contributed by atoms with Gasteiger partial charge < -0.3 is 9.64 Å². The van der Waals surface area contributed by atoms with Gasteiger partial charge in [0.05, 0.1) is 0 Å². The average molecular weight is 297 g/mol. The molecule has 1 saturated heterocycles. The topological polar surface area (TPSA) is 29.5 Å². The number of halogens is 2. The molecule has 1 heterocycles. The number of rotatable bonds is 4. The molecule has 1 aliphatic rings. The number of amides is 1. The van der Waals surface area contributed by atoms with E-state index < -0.39 is 12.8 Å². The quantitative estimate of drug-likeness (QED) is 0.855. The Morgan fingerprint density at radius 3 is 2.81 bits per heavy atom. The van der Waals surface area contributed by atoms with Crippen LogP contribution in [0.3, 0.4) is 0 Å². The van der Waals surface area contributed by atoms with Crippen molar-refractivity contribution in [3.05, 3.63) is 35.6 Å². The predicted molar refractivity (Wildman–Crippen MR) is 76.3 cm³/mol. The molecule has 1 fully saturated rings. The fourth-order valence-electron chi connectivity index (χ4n) is 2.52. The maximum atomic E-state index is 12.9. The lowest BCUT2D eigenvalue weighted by molar-refractivity contribution is -0.132. The van der Waals surface area contributed by atoms with E-state index in [9.17, 15) is 13.6 Å². The van der Waals surface area contributed by atoms with E-state index in [4.69, 9.17) is 4.74 Å². The van der Waals surface area contributed by atoms with Crippen molar-refractivity contribution in [3.63, 3.8) is 0 Å². The van der Waals surface area contributed by atoms with E-state index in [0.717, 1.165) is 12.0 Å². The number of hydrogen-bond acceptors (Lipinski definition) is 2. The van der Waals surface area contributed by atoms with Gasteiger partial charge in [0.15, 0.2) is 0 Å². The minimum atomic E-state index is -0.572. The molecule has 2 rings (SSSR count). The lowest BCUT2D eigenvalue weighted by atomic mass is 9.97. The van der Waals surface area contributed by atoms with Gasteiger partial charge in [0.25, 0.3) is 0 Å². The molecule has 5 heteroatoms. The Balaban J connectivity index is 1.94. The van der Waals surface area contributed by atoms with Crippen LogP contribution in [0, 0.1) is 5.82 Å². The van der Waals surface area contributed by atoms with Gasteiger partial charge >= 0.3 is 0 Å². The van der Waals surface area contributed by atoms with E-state index in [2.05, 4.69) is 0 Å². The first-order valence-electron chi connectivity index (χ1n) is 7.31. The van der Waals surface area contributed by atoms with Crippen LogP contribution in [0.25, 0.3) is 0 Å². The maximum Gasteiger partial charge on any atom is 0.223 e. The molecule has 3 nitrogen and oxygen atoms in total. The highest BCUT2D eigenvalue weighted by Crippen LogP contribution is 2.21. The third kappa shape index (κ3) is 4.49. The number of ether oxygens (including phenoxy) is 1. The van der Waals surface area contributed by atoms with Crippen molar-refractivity contribution >= 4 is 5.91 Å². The summed E-state index contributed by atoms with van der Waals surface area (Å²) in [7, 11) is 0. The monoisotopic (exact) mass is 297 g/mol. The summed E-state index contributed by atoms with van der Waals surface area (Å²) in [5, 5.41) is 0. The van der Waals surface area contributed by atoms with Crippen LogP contribution in [0.2, 0.25) is 0 Å². The third-order valence-corrected chi connectivity index (χ3v) is 3.79. The Kier molecular flexibility index (Phi) is 5.67. The van der Waals surface area contributed by atoms with Gasteiger partial charge in [-0.05, 0) is 30.0 Å². The van der Waals surface area contributed by atoms with Crippen molar-refractivity contribution in [1.82, 2.24) is 4.90 Å². The molecule has 1 aromatic rings. The molecule has 21 heavy (non-hydrogen) atoms. The molecule has 1 aliphatic heterocycles. The number of nitrogens with zero attached hydrogens (tertiary/aromatic N) is 1. The third-order valence-electron chi connectivity index (χ3n) is 3.79. The van der Waals surface area contributed by atoms with Gasteiger partial charge in [-0.2, -0.15) is 0 Å². The molecule has 0 N–H and O–H groups in total. The van der Waals surface area contributed by atoms with Crippen LogP contribution >= 0.6 is 0 Å². The molecule has 0 aromatic heterocycles. The first-order chi connectivity index (χ1) is 10.1. The summed E-state index contributed by atoms with van der Waals surface area (Å²) in [5.41, 5.74) is 0.929. The molecule has 0 aliphatic carbocycles. The summed E-state index contributed by atoms with van der Waals surface area (Å²) < 4.78 is 31.0. The van der Waals surface area contributed by atoms with E-state index in [0.29, 0.717) is 26.1 Å². The van der Waals surface area contributed by atoms with Crippen molar-refractivity contribution in [2.75, 3.05) is 26.4 Å². The fraction of sp³-hybridized carbons (Fsp3) is 0.562. The molecule has 0 saturated carbocycles. The second-order valence-electron chi connectivity index (χ2n) is 5.50. The van der Waals surface area contributed by atoms with Crippen molar-refractivity contribution in [1.29, 1.82) is 0 Å². The Morgan fingerprint density at radius 2 is 2.14 bits per heavy atom. The van der Waals surface area contributed by atoms with Crippen LogP contribution in [0.5, 0.6) is 0 Å². The number of carbonyl (C=O) groups excluding carboxylic acids is 1. The SMILES string of the molecule is C[C@@H](CC(=O)N1CCCO[C@H](CF)C1)c1ccc(F)cc1. The van der Waals surface area contributed by atoms with Crippen molar-refractivity contribution in [2.45, 2.75) is 31.8 Å². The van der Waals surface area contributed by atoms with Crippen molar-refractivity contribution in [2.24, 2.45) is 0 Å².